The molecule has 1 aliphatic rings. The van der Waals surface area contributed by atoms with E-state index in [-0.39, 0.29) is 0 Å². The zero-order valence-electron chi connectivity index (χ0n) is 12.2. The molecule has 4 N–H and O–H groups in total. The highest BCUT2D eigenvalue weighted by Gasteiger charge is 2.23. The van der Waals surface area contributed by atoms with E-state index in [2.05, 4.69) is 7.05 Å². The molecule has 1 aromatic rings. The van der Waals surface area contributed by atoms with E-state index in [4.69, 9.17) is 11.5 Å². The number of unbranched alkanes of at least 4 members (excludes halogenated alkanes) is 1. The summed E-state index contributed by atoms with van der Waals surface area (Å²) in [6.45, 7) is 4.03. The van der Waals surface area contributed by atoms with Gasteiger partial charge < -0.3 is 16.0 Å². The van der Waals surface area contributed by atoms with Gasteiger partial charge in [-0.3, -0.25) is 0 Å². The van der Waals surface area contributed by atoms with E-state index in [1.165, 1.54) is 61.8 Å². The summed E-state index contributed by atoms with van der Waals surface area (Å²) in [5, 5.41) is 0. The molecule has 0 bridgehead atoms. The van der Waals surface area contributed by atoms with Gasteiger partial charge in [0.15, 0.2) is 0 Å². The Kier molecular flexibility index (Phi) is 4.70. The topological polar surface area (TPSA) is 52.0 Å². The number of quaternary nitrogens is 1. The predicted octanol–water partition coefficient (Wildman–Crippen LogP) is 2.80. The van der Waals surface area contributed by atoms with Crippen LogP contribution in [0.25, 0.3) is 0 Å². The highest BCUT2D eigenvalue weighted by molar-refractivity contribution is 5.55. The molecule has 3 heteroatoms. The van der Waals surface area contributed by atoms with E-state index in [9.17, 15) is 0 Å². The fourth-order valence-electron chi connectivity index (χ4n) is 3.15. The molecule has 1 heterocycles. The summed E-state index contributed by atoms with van der Waals surface area (Å²) >= 11 is 0. The number of nitrogens with zero attached hydrogens (tertiary/aromatic N) is 1. The maximum atomic E-state index is 5.98. The van der Waals surface area contributed by atoms with Gasteiger partial charge in [0.05, 0.1) is 26.7 Å². The van der Waals surface area contributed by atoms with Gasteiger partial charge in [-0.2, -0.15) is 0 Å². The number of likely N-dealkylation sites (tertiary alicyclic amines) is 1. The summed E-state index contributed by atoms with van der Waals surface area (Å²) in [6, 6.07) is 5.81. The van der Waals surface area contributed by atoms with Gasteiger partial charge in [0, 0.05) is 11.4 Å². The van der Waals surface area contributed by atoms with Crippen molar-refractivity contribution in [2.45, 2.75) is 38.5 Å². The molecule has 1 aliphatic heterocycles. The standard InChI is InChI=1S/C16H28N3/c1-19(10-4-2-5-11-19)12-6-3-7-14-13-15(17)8-9-16(14)18/h8-9,13H,2-7,10-12,17-18H2,1H3/q+1. The summed E-state index contributed by atoms with van der Waals surface area (Å²) < 4.78 is 1.27. The number of nitrogens with two attached hydrogens (primary N) is 2. The molecule has 0 amide bonds. The van der Waals surface area contributed by atoms with Crippen LogP contribution < -0.4 is 11.5 Å². The third kappa shape index (κ3) is 4.13. The minimum atomic E-state index is 0.819. The summed E-state index contributed by atoms with van der Waals surface area (Å²) in [4.78, 5) is 0. The average molecular weight is 262 g/mol. The van der Waals surface area contributed by atoms with Crippen molar-refractivity contribution in [1.82, 2.24) is 0 Å². The summed E-state index contributed by atoms with van der Waals surface area (Å²) in [5.41, 5.74) is 14.7. The minimum Gasteiger partial charge on any atom is -0.399 e. The second-order valence-corrected chi connectivity index (χ2v) is 6.27. The predicted molar refractivity (Wildman–Crippen MR) is 82.8 cm³/mol. The van der Waals surface area contributed by atoms with Crippen molar-refractivity contribution in [3.8, 4) is 0 Å². The van der Waals surface area contributed by atoms with Crippen molar-refractivity contribution in [3.05, 3.63) is 23.8 Å². The van der Waals surface area contributed by atoms with Crippen molar-refractivity contribution >= 4 is 11.4 Å². The Labute approximate surface area is 117 Å². The fourth-order valence-corrected chi connectivity index (χ4v) is 3.15. The van der Waals surface area contributed by atoms with Gasteiger partial charge in [-0.15, -0.1) is 0 Å². The van der Waals surface area contributed by atoms with E-state index in [1.807, 2.05) is 18.2 Å². The highest BCUT2D eigenvalue weighted by atomic mass is 15.3. The van der Waals surface area contributed by atoms with Crippen LogP contribution in [0, 0.1) is 0 Å². The molecular formula is C16H28N3+. The molecular weight excluding hydrogens is 234 g/mol. The van der Waals surface area contributed by atoms with Gasteiger partial charge in [-0.05, 0) is 62.3 Å². The molecule has 0 aromatic heterocycles. The molecule has 3 nitrogen and oxygen atoms in total. The van der Waals surface area contributed by atoms with Crippen LogP contribution in [0.3, 0.4) is 0 Å². The molecule has 19 heavy (non-hydrogen) atoms. The van der Waals surface area contributed by atoms with Gasteiger partial charge in [0.25, 0.3) is 0 Å². The van der Waals surface area contributed by atoms with Crippen molar-refractivity contribution in [1.29, 1.82) is 0 Å². The Bertz CT molecular complexity index is 408. The Morgan fingerprint density at radius 2 is 1.79 bits per heavy atom. The molecule has 2 rings (SSSR count). The summed E-state index contributed by atoms with van der Waals surface area (Å²) in [7, 11) is 2.41. The van der Waals surface area contributed by atoms with E-state index < -0.39 is 0 Å². The number of hydrogen-bond donors (Lipinski definition) is 2. The molecule has 1 aromatic carbocycles. The molecule has 0 spiro atoms. The van der Waals surface area contributed by atoms with Gasteiger partial charge in [0.1, 0.15) is 0 Å². The first-order valence-corrected chi connectivity index (χ1v) is 7.56. The van der Waals surface area contributed by atoms with Crippen molar-refractivity contribution in [2.75, 3.05) is 38.1 Å². The first-order valence-electron chi connectivity index (χ1n) is 7.56. The van der Waals surface area contributed by atoms with Crippen LogP contribution in [0.1, 0.15) is 37.7 Å². The lowest BCUT2D eigenvalue weighted by Gasteiger charge is -2.37. The van der Waals surface area contributed by atoms with Crippen LogP contribution >= 0.6 is 0 Å². The zero-order valence-corrected chi connectivity index (χ0v) is 12.2. The van der Waals surface area contributed by atoms with Gasteiger partial charge in [-0.1, -0.05) is 0 Å². The number of nitrogen functional groups attached to an aromatic ring is 2. The van der Waals surface area contributed by atoms with Crippen LogP contribution in [0.2, 0.25) is 0 Å². The number of aryl methyl sites for hydroxylation is 1. The third-order valence-electron chi connectivity index (χ3n) is 4.46. The average Bonchev–Trinajstić information content (AvgIpc) is 2.39. The quantitative estimate of drug-likeness (QED) is 0.487. The third-order valence-corrected chi connectivity index (χ3v) is 4.46. The zero-order chi connectivity index (χ0) is 13.7. The van der Waals surface area contributed by atoms with E-state index >= 15 is 0 Å². The summed E-state index contributed by atoms with van der Waals surface area (Å²) in [5.74, 6) is 0. The molecule has 1 fully saturated rings. The van der Waals surface area contributed by atoms with Gasteiger partial charge >= 0.3 is 0 Å². The first kappa shape index (κ1) is 14.2. The molecule has 0 atom stereocenters. The number of anilines is 2. The maximum absolute atomic E-state index is 5.98. The largest absolute Gasteiger partial charge is 0.399 e. The molecule has 0 saturated carbocycles. The molecule has 0 radical (unpaired) electrons. The highest BCUT2D eigenvalue weighted by Crippen LogP contribution is 2.20. The normalized spacial score (nSPS) is 18.4. The van der Waals surface area contributed by atoms with Crippen LogP contribution in [0.5, 0.6) is 0 Å². The number of piperidine rings is 1. The Hall–Kier alpha value is -1.22. The lowest BCUT2D eigenvalue weighted by Crippen LogP contribution is -2.48. The number of hydrogen-bond acceptors (Lipinski definition) is 2. The molecule has 0 aliphatic carbocycles. The molecule has 0 unspecified atom stereocenters. The van der Waals surface area contributed by atoms with Gasteiger partial charge in [0.2, 0.25) is 0 Å². The first-order chi connectivity index (χ1) is 9.09. The Balaban J connectivity index is 1.75. The number of benzene rings is 1. The molecule has 106 valence electrons. The van der Waals surface area contributed by atoms with Crippen molar-refractivity contribution in [2.24, 2.45) is 0 Å². The summed E-state index contributed by atoms with van der Waals surface area (Å²) in [6.07, 6.45) is 7.77. The van der Waals surface area contributed by atoms with Crippen LogP contribution in [-0.4, -0.2) is 31.2 Å². The number of rotatable bonds is 5. The second kappa shape index (κ2) is 6.29. The van der Waals surface area contributed by atoms with Crippen molar-refractivity contribution < 1.29 is 4.48 Å². The van der Waals surface area contributed by atoms with Crippen LogP contribution in [-0.2, 0) is 6.42 Å². The monoisotopic (exact) mass is 262 g/mol. The lowest BCUT2D eigenvalue weighted by atomic mass is 10.0. The minimum absolute atomic E-state index is 0.819. The molecule has 1 saturated heterocycles. The van der Waals surface area contributed by atoms with E-state index in [0.29, 0.717) is 0 Å². The SMILES string of the molecule is C[N+]1(CCCCc2cc(N)ccc2N)CCCCC1. The Morgan fingerprint density at radius 1 is 1.05 bits per heavy atom. The van der Waals surface area contributed by atoms with Crippen LogP contribution in [0.4, 0.5) is 11.4 Å². The second-order valence-electron chi connectivity index (χ2n) is 6.27. The van der Waals surface area contributed by atoms with Crippen molar-refractivity contribution in [3.63, 3.8) is 0 Å². The van der Waals surface area contributed by atoms with E-state index in [1.54, 1.807) is 0 Å². The van der Waals surface area contributed by atoms with Gasteiger partial charge in [-0.25, -0.2) is 0 Å². The fraction of sp³-hybridized carbons (Fsp3) is 0.625. The maximum Gasteiger partial charge on any atom is 0.0784 e. The smallest absolute Gasteiger partial charge is 0.0784 e. The van der Waals surface area contributed by atoms with Crippen LogP contribution in [0.15, 0.2) is 18.2 Å². The Morgan fingerprint density at radius 3 is 2.53 bits per heavy atom. The van der Waals surface area contributed by atoms with E-state index in [0.717, 1.165) is 17.8 Å². The lowest BCUT2D eigenvalue weighted by molar-refractivity contribution is -0.914.